The summed E-state index contributed by atoms with van der Waals surface area (Å²) in [6.07, 6.45) is 1.83. The van der Waals surface area contributed by atoms with Gasteiger partial charge in [0.15, 0.2) is 0 Å². The molecule has 90 valence electrons. The minimum atomic E-state index is 0.726. The van der Waals surface area contributed by atoms with Gasteiger partial charge in [-0.05, 0) is 11.8 Å². The minimum Gasteiger partial charge on any atom is -0.383 e. The van der Waals surface area contributed by atoms with E-state index in [1.807, 2.05) is 24.0 Å². The van der Waals surface area contributed by atoms with Crippen LogP contribution in [-0.4, -0.2) is 36.0 Å². The van der Waals surface area contributed by atoms with Crippen LogP contribution in [0.2, 0.25) is 0 Å². The molecule has 0 spiro atoms. The summed E-state index contributed by atoms with van der Waals surface area (Å²) in [7, 11) is 1.70. The van der Waals surface area contributed by atoms with Crippen molar-refractivity contribution in [1.29, 1.82) is 0 Å². The summed E-state index contributed by atoms with van der Waals surface area (Å²) in [5, 5.41) is 3.26. The van der Waals surface area contributed by atoms with E-state index in [1.54, 1.807) is 7.11 Å². The van der Waals surface area contributed by atoms with Gasteiger partial charge in [-0.15, -0.1) is 0 Å². The van der Waals surface area contributed by atoms with E-state index in [1.165, 1.54) is 0 Å². The third kappa shape index (κ3) is 5.44. The van der Waals surface area contributed by atoms with Crippen molar-refractivity contribution < 1.29 is 4.74 Å². The summed E-state index contributed by atoms with van der Waals surface area (Å²) in [6, 6.07) is 1.94. The lowest BCUT2D eigenvalue weighted by molar-refractivity contribution is 0.199. The van der Waals surface area contributed by atoms with Crippen LogP contribution in [0.15, 0.2) is 12.3 Å². The minimum absolute atomic E-state index is 0.726. The molecule has 1 rings (SSSR count). The van der Waals surface area contributed by atoms with Gasteiger partial charge in [0.2, 0.25) is 0 Å². The monoisotopic (exact) mass is 241 g/mol. The average molecular weight is 241 g/mol. The van der Waals surface area contributed by atoms with Crippen LogP contribution in [0.3, 0.4) is 0 Å². The molecule has 0 fully saturated rings. The molecule has 1 heterocycles. The molecule has 0 aliphatic rings. The van der Waals surface area contributed by atoms with Crippen molar-refractivity contribution in [3.8, 4) is 0 Å². The third-order valence-corrected chi connectivity index (χ3v) is 2.86. The van der Waals surface area contributed by atoms with Crippen LogP contribution >= 0.6 is 11.8 Å². The first-order valence-corrected chi connectivity index (χ1v) is 6.60. The fourth-order valence-electron chi connectivity index (χ4n) is 1.19. The van der Waals surface area contributed by atoms with Crippen molar-refractivity contribution in [3.05, 3.63) is 23.8 Å². The predicted octanol–water partition coefficient (Wildman–Crippen LogP) is 1.47. The molecular formula is C11H19N3OS. The number of hydrogen-bond donors (Lipinski definition) is 1. The average Bonchev–Trinajstić information content (AvgIpc) is 2.33. The van der Waals surface area contributed by atoms with Crippen molar-refractivity contribution >= 4 is 11.8 Å². The van der Waals surface area contributed by atoms with E-state index < -0.39 is 0 Å². The first kappa shape index (κ1) is 13.4. The highest BCUT2D eigenvalue weighted by atomic mass is 32.2. The molecule has 0 saturated carbocycles. The summed E-state index contributed by atoms with van der Waals surface area (Å²) < 4.78 is 4.96. The van der Waals surface area contributed by atoms with Crippen LogP contribution in [0.1, 0.15) is 18.4 Å². The second-order valence-corrected chi connectivity index (χ2v) is 4.55. The number of thioether (sulfide) groups is 1. The van der Waals surface area contributed by atoms with Crippen LogP contribution in [0.25, 0.3) is 0 Å². The lowest BCUT2D eigenvalue weighted by Crippen LogP contribution is -2.19. The van der Waals surface area contributed by atoms with Crippen molar-refractivity contribution in [2.75, 3.05) is 26.0 Å². The number of aromatic nitrogens is 2. The summed E-state index contributed by atoms with van der Waals surface area (Å²) in [5.74, 6) is 2.90. The first-order valence-electron chi connectivity index (χ1n) is 5.45. The zero-order valence-corrected chi connectivity index (χ0v) is 10.7. The van der Waals surface area contributed by atoms with Gasteiger partial charge in [0.25, 0.3) is 0 Å². The Hall–Kier alpha value is -0.650. The molecule has 0 unspecified atom stereocenters. The standard InChI is InChI=1S/C11H19N3OS/c1-3-16-9-11-13-5-4-10(14-11)8-12-6-7-15-2/h4-5,12H,3,6-9H2,1-2H3. The van der Waals surface area contributed by atoms with Gasteiger partial charge in [0.1, 0.15) is 5.82 Å². The molecule has 0 saturated heterocycles. The maximum atomic E-state index is 4.96. The van der Waals surface area contributed by atoms with E-state index in [2.05, 4.69) is 22.2 Å². The summed E-state index contributed by atoms with van der Waals surface area (Å²) in [6.45, 7) is 4.49. The molecule has 0 aliphatic heterocycles. The van der Waals surface area contributed by atoms with Crippen molar-refractivity contribution in [2.45, 2.75) is 19.2 Å². The SMILES string of the molecule is CCSCc1nccc(CNCCOC)n1. The van der Waals surface area contributed by atoms with Gasteiger partial charge < -0.3 is 10.1 Å². The van der Waals surface area contributed by atoms with E-state index in [0.29, 0.717) is 0 Å². The van der Waals surface area contributed by atoms with Crippen LogP contribution in [0.5, 0.6) is 0 Å². The molecule has 0 bridgehead atoms. The zero-order chi connectivity index (χ0) is 11.6. The molecule has 16 heavy (non-hydrogen) atoms. The molecule has 0 aliphatic carbocycles. The van der Waals surface area contributed by atoms with Gasteiger partial charge in [-0.25, -0.2) is 9.97 Å². The highest BCUT2D eigenvalue weighted by molar-refractivity contribution is 7.98. The summed E-state index contributed by atoms with van der Waals surface area (Å²) in [4.78, 5) is 8.71. The zero-order valence-electron chi connectivity index (χ0n) is 9.90. The van der Waals surface area contributed by atoms with Gasteiger partial charge in [0.05, 0.1) is 18.1 Å². The van der Waals surface area contributed by atoms with Crippen LogP contribution in [0.4, 0.5) is 0 Å². The molecule has 0 aromatic carbocycles. The lowest BCUT2D eigenvalue weighted by Gasteiger charge is -2.05. The maximum absolute atomic E-state index is 4.96. The Morgan fingerprint density at radius 2 is 2.38 bits per heavy atom. The van der Waals surface area contributed by atoms with Crippen molar-refractivity contribution in [3.63, 3.8) is 0 Å². The predicted molar refractivity (Wildman–Crippen MR) is 67.5 cm³/mol. The van der Waals surface area contributed by atoms with Gasteiger partial charge in [-0.1, -0.05) is 6.92 Å². The fourth-order valence-corrected chi connectivity index (χ4v) is 1.72. The van der Waals surface area contributed by atoms with E-state index in [0.717, 1.165) is 42.7 Å². The number of hydrogen-bond acceptors (Lipinski definition) is 5. The third-order valence-electron chi connectivity index (χ3n) is 1.99. The Morgan fingerprint density at radius 1 is 1.50 bits per heavy atom. The summed E-state index contributed by atoms with van der Waals surface area (Å²) in [5.41, 5.74) is 1.04. The van der Waals surface area contributed by atoms with E-state index >= 15 is 0 Å². The molecule has 4 nitrogen and oxygen atoms in total. The topological polar surface area (TPSA) is 47.0 Å². The number of rotatable bonds is 8. The largest absolute Gasteiger partial charge is 0.383 e. The smallest absolute Gasteiger partial charge is 0.138 e. The highest BCUT2D eigenvalue weighted by Crippen LogP contribution is 2.07. The maximum Gasteiger partial charge on any atom is 0.138 e. The lowest BCUT2D eigenvalue weighted by atomic mass is 10.4. The molecule has 5 heteroatoms. The van der Waals surface area contributed by atoms with E-state index in [4.69, 9.17) is 4.74 Å². The van der Waals surface area contributed by atoms with Crippen molar-refractivity contribution in [1.82, 2.24) is 15.3 Å². The Balaban J connectivity index is 2.35. The number of nitrogens with one attached hydrogen (secondary N) is 1. The van der Waals surface area contributed by atoms with Crippen LogP contribution < -0.4 is 5.32 Å². The van der Waals surface area contributed by atoms with Crippen molar-refractivity contribution in [2.24, 2.45) is 0 Å². The molecule has 0 radical (unpaired) electrons. The fraction of sp³-hybridized carbons (Fsp3) is 0.636. The number of nitrogens with zero attached hydrogens (tertiary/aromatic N) is 2. The second kappa shape index (κ2) is 8.50. The normalized spacial score (nSPS) is 10.6. The molecule has 1 aromatic heterocycles. The Bertz CT molecular complexity index is 296. The second-order valence-electron chi connectivity index (χ2n) is 3.27. The van der Waals surface area contributed by atoms with Gasteiger partial charge in [-0.3, -0.25) is 0 Å². The number of ether oxygens (including phenoxy) is 1. The molecule has 1 aromatic rings. The van der Waals surface area contributed by atoms with E-state index in [-0.39, 0.29) is 0 Å². The quantitative estimate of drug-likeness (QED) is 0.698. The summed E-state index contributed by atoms with van der Waals surface area (Å²) >= 11 is 1.84. The Morgan fingerprint density at radius 3 is 3.12 bits per heavy atom. The van der Waals surface area contributed by atoms with Gasteiger partial charge in [0, 0.05) is 26.4 Å². The Kier molecular flexibility index (Phi) is 7.12. The van der Waals surface area contributed by atoms with Crippen LogP contribution in [-0.2, 0) is 17.0 Å². The van der Waals surface area contributed by atoms with Gasteiger partial charge in [-0.2, -0.15) is 11.8 Å². The number of methoxy groups -OCH3 is 1. The van der Waals surface area contributed by atoms with Crippen LogP contribution in [0, 0.1) is 0 Å². The molecule has 0 atom stereocenters. The molecular weight excluding hydrogens is 222 g/mol. The molecule has 1 N–H and O–H groups in total. The van der Waals surface area contributed by atoms with Gasteiger partial charge >= 0.3 is 0 Å². The molecule has 0 amide bonds. The first-order chi connectivity index (χ1) is 7.86. The Labute approximate surface area is 101 Å². The highest BCUT2D eigenvalue weighted by Gasteiger charge is 1.98. The van der Waals surface area contributed by atoms with E-state index in [9.17, 15) is 0 Å².